The number of hydrogen-bond donors (Lipinski definition) is 2. The molecule has 6 heteroatoms. The Morgan fingerprint density at radius 2 is 2.00 bits per heavy atom. The van der Waals surface area contributed by atoms with Crippen molar-refractivity contribution in [2.45, 2.75) is 38.8 Å². The van der Waals surface area contributed by atoms with Crippen molar-refractivity contribution in [2.24, 2.45) is 0 Å². The lowest BCUT2D eigenvalue weighted by molar-refractivity contribution is -0.137. The maximum atomic E-state index is 11.3. The van der Waals surface area contributed by atoms with E-state index in [-0.39, 0.29) is 6.42 Å². The summed E-state index contributed by atoms with van der Waals surface area (Å²) >= 11 is 3.12. The summed E-state index contributed by atoms with van der Waals surface area (Å²) in [5.41, 5.74) is -0.579. The van der Waals surface area contributed by atoms with Gasteiger partial charge in [-0.05, 0) is 20.8 Å². The zero-order valence-corrected chi connectivity index (χ0v) is 10.6. The molecular weight excluding hydrogens is 266 g/mol. The Morgan fingerprint density at radius 1 is 1.47 bits per heavy atom. The summed E-state index contributed by atoms with van der Waals surface area (Å²) in [5, 5.41) is 11.4. The smallest absolute Gasteiger partial charge is 0.407 e. The van der Waals surface area contributed by atoms with Crippen LogP contribution < -0.4 is 5.32 Å². The van der Waals surface area contributed by atoms with Crippen molar-refractivity contribution in [1.82, 2.24) is 5.32 Å². The van der Waals surface area contributed by atoms with E-state index in [0.717, 1.165) is 0 Å². The van der Waals surface area contributed by atoms with Crippen LogP contribution in [0.1, 0.15) is 27.2 Å². The van der Waals surface area contributed by atoms with E-state index in [1.54, 1.807) is 20.8 Å². The maximum absolute atomic E-state index is 11.3. The Hall–Kier alpha value is -0.780. The van der Waals surface area contributed by atoms with Crippen LogP contribution in [0.2, 0.25) is 0 Å². The van der Waals surface area contributed by atoms with E-state index in [9.17, 15) is 9.59 Å². The summed E-state index contributed by atoms with van der Waals surface area (Å²) in [6, 6.07) is -0.461. The van der Waals surface area contributed by atoms with E-state index in [1.165, 1.54) is 0 Å². The van der Waals surface area contributed by atoms with Crippen LogP contribution in [0.5, 0.6) is 0 Å². The number of hydrogen-bond acceptors (Lipinski definition) is 3. The standard InChI is InChI=1S/C9H16BrNO4/c1-9(2,3)15-8(14)11-6(5-10)4-7(12)13/h6H,4-5H2,1-3H3,(H,11,14)(H,12,13)/t6-/m0/s1. The van der Waals surface area contributed by atoms with Crippen molar-refractivity contribution in [3.8, 4) is 0 Å². The molecule has 0 aromatic heterocycles. The minimum Gasteiger partial charge on any atom is -0.481 e. The first-order chi connectivity index (χ1) is 6.74. The lowest BCUT2D eigenvalue weighted by atomic mass is 10.2. The predicted molar refractivity (Wildman–Crippen MR) is 59.2 cm³/mol. The highest BCUT2D eigenvalue weighted by Gasteiger charge is 2.20. The SMILES string of the molecule is CC(C)(C)OC(=O)N[C@H](CBr)CC(=O)O. The summed E-state index contributed by atoms with van der Waals surface area (Å²) in [6.45, 7) is 5.23. The zero-order chi connectivity index (χ0) is 12.1. The highest BCUT2D eigenvalue weighted by Crippen LogP contribution is 2.07. The molecule has 15 heavy (non-hydrogen) atoms. The van der Waals surface area contributed by atoms with Crippen LogP contribution in [0, 0.1) is 0 Å². The van der Waals surface area contributed by atoms with Crippen LogP contribution in [0.25, 0.3) is 0 Å². The lowest BCUT2D eigenvalue weighted by Crippen LogP contribution is -2.41. The Kier molecular flexibility index (Phi) is 5.64. The first-order valence-corrected chi connectivity index (χ1v) is 5.64. The van der Waals surface area contributed by atoms with Gasteiger partial charge in [0.25, 0.3) is 0 Å². The van der Waals surface area contributed by atoms with Gasteiger partial charge in [0, 0.05) is 5.33 Å². The average molecular weight is 282 g/mol. The van der Waals surface area contributed by atoms with Crippen molar-refractivity contribution in [3.63, 3.8) is 0 Å². The molecule has 0 aliphatic rings. The Morgan fingerprint density at radius 3 is 2.33 bits per heavy atom. The minimum atomic E-state index is -0.962. The number of aliphatic carboxylic acids is 1. The third-order valence-corrected chi connectivity index (χ3v) is 2.11. The number of ether oxygens (including phenoxy) is 1. The number of nitrogens with one attached hydrogen (secondary N) is 1. The van der Waals surface area contributed by atoms with Crippen molar-refractivity contribution in [1.29, 1.82) is 0 Å². The molecule has 0 bridgehead atoms. The molecule has 0 spiro atoms. The quantitative estimate of drug-likeness (QED) is 0.770. The van der Waals surface area contributed by atoms with Crippen molar-refractivity contribution in [2.75, 3.05) is 5.33 Å². The van der Waals surface area contributed by atoms with Crippen molar-refractivity contribution < 1.29 is 19.4 Å². The highest BCUT2D eigenvalue weighted by atomic mass is 79.9. The number of carboxylic acids is 1. The summed E-state index contributed by atoms with van der Waals surface area (Å²) in [6.07, 6.45) is -0.738. The number of halogens is 1. The second-order valence-corrected chi connectivity index (χ2v) is 4.74. The number of amides is 1. The largest absolute Gasteiger partial charge is 0.481 e. The lowest BCUT2D eigenvalue weighted by Gasteiger charge is -2.22. The first-order valence-electron chi connectivity index (χ1n) is 4.52. The number of alkyl halides is 1. The van der Waals surface area contributed by atoms with Gasteiger partial charge in [0.1, 0.15) is 5.60 Å². The highest BCUT2D eigenvalue weighted by molar-refractivity contribution is 9.09. The molecule has 0 aliphatic heterocycles. The summed E-state index contributed by atoms with van der Waals surface area (Å²) < 4.78 is 4.99. The molecule has 0 unspecified atom stereocenters. The molecule has 0 rings (SSSR count). The zero-order valence-electron chi connectivity index (χ0n) is 9.04. The van der Waals surface area contributed by atoms with E-state index < -0.39 is 23.7 Å². The molecule has 0 saturated carbocycles. The van der Waals surface area contributed by atoms with Crippen molar-refractivity contribution in [3.05, 3.63) is 0 Å². The molecule has 0 aromatic carbocycles. The fraction of sp³-hybridized carbons (Fsp3) is 0.778. The van der Waals surface area contributed by atoms with Gasteiger partial charge in [-0.15, -0.1) is 0 Å². The number of alkyl carbamates (subject to hydrolysis) is 1. The van der Waals surface area contributed by atoms with Crippen LogP contribution in [0.15, 0.2) is 0 Å². The Bertz CT molecular complexity index is 237. The first kappa shape index (κ1) is 14.2. The topological polar surface area (TPSA) is 75.6 Å². The predicted octanol–water partition coefficient (Wildman–Crippen LogP) is 1.75. The average Bonchev–Trinajstić information content (AvgIpc) is 1.98. The number of carbonyl (C=O) groups is 2. The number of rotatable bonds is 4. The molecule has 5 nitrogen and oxygen atoms in total. The van der Waals surface area contributed by atoms with E-state index in [2.05, 4.69) is 21.2 Å². The second-order valence-electron chi connectivity index (χ2n) is 4.10. The molecule has 1 atom stereocenters. The summed E-state index contributed by atoms with van der Waals surface area (Å²) in [4.78, 5) is 21.7. The molecule has 0 radical (unpaired) electrons. The van der Waals surface area contributed by atoms with Gasteiger partial charge in [-0.3, -0.25) is 4.79 Å². The van der Waals surface area contributed by atoms with Gasteiger partial charge in [-0.2, -0.15) is 0 Å². The monoisotopic (exact) mass is 281 g/mol. The van der Waals surface area contributed by atoms with Crippen LogP contribution in [-0.4, -0.2) is 34.1 Å². The summed E-state index contributed by atoms with van der Waals surface area (Å²) in [7, 11) is 0. The van der Waals surface area contributed by atoms with Gasteiger partial charge in [-0.25, -0.2) is 4.79 Å². The Balaban J connectivity index is 4.07. The van der Waals surface area contributed by atoms with Gasteiger partial charge < -0.3 is 15.2 Å². The van der Waals surface area contributed by atoms with Gasteiger partial charge >= 0.3 is 12.1 Å². The number of carboxylic acid groups (broad SMARTS) is 1. The molecule has 2 N–H and O–H groups in total. The molecule has 0 aromatic rings. The third kappa shape index (κ3) is 8.23. The van der Waals surface area contributed by atoms with E-state index >= 15 is 0 Å². The second kappa shape index (κ2) is 5.95. The van der Waals surface area contributed by atoms with Gasteiger partial charge in [0.2, 0.25) is 0 Å². The summed E-state index contributed by atoms with van der Waals surface area (Å²) in [5.74, 6) is -0.962. The molecule has 0 heterocycles. The van der Waals surface area contributed by atoms with Crippen LogP contribution in [-0.2, 0) is 9.53 Å². The third-order valence-electron chi connectivity index (χ3n) is 1.33. The molecule has 0 saturated heterocycles. The molecular formula is C9H16BrNO4. The number of carbonyl (C=O) groups excluding carboxylic acids is 1. The van der Waals surface area contributed by atoms with Crippen LogP contribution in [0.3, 0.4) is 0 Å². The minimum absolute atomic E-state index is 0.134. The van der Waals surface area contributed by atoms with E-state index in [4.69, 9.17) is 9.84 Å². The van der Waals surface area contributed by atoms with Gasteiger partial charge in [0.05, 0.1) is 12.5 Å². The fourth-order valence-electron chi connectivity index (χ4n) is 0.829. The Labute approximate surface area is 97.3 Å². The van der Waals surface area contributed by atoms with Crippen LogP contribution in [0.4, 0.5) is 4.79 Å². The normalized spacial score (nSPS) is 13.1. The molecule has 0 fully saturated rings. The van der Waals surface area contributed by atoms with Crippen molar-refractivity contribution >= 4 is 28.0 Å². The molecule has 0 aliphatic carbocycles. The fourth-order valence-corrected chi connectivity index (χ4v) is 1.22. The maximum Gasteiger partial charge on any atom is 0.407 e. The van der Waals surface area contributed by atoms with Gasteiger partial charge in [-0.1, -0.05) is 15.9 Å². The van der Waals surface area contributed by atoms with E-state index in [0.29, 0.717) is 5.33 Å². The van der Waals surface area contributed by atoms with Gasteiger partial charge in [0.15, 0.2) is 0 Å². The molecule has 1 amide bonds. The van der Waals surface area contributed by atoms with E-state index in [1.807, 2.05) is 0 Å². The molecule has 88 valence electrons. The van der Waals surface area contributed by atoms with Crippen LogP contribution >= 0.6 is 15.9 Å².